The van der Waals surface area contributed by atoms with Crippen molar-refractivity contribution in [2.24, 2.45) is 0 Å². The van der Waals surface area contributed by atoms with Gasteiger partial charge in [-0.3, -0.25) is 4.79 Å². The van der Waals surface area contributed by atoms with Gasteiger partial charge in [-0.05, 0) is 24.3 Å². The third kappa shape index (κ3) is 5.08. The van der Waals surface area contributed by atoms with E-state index in [1.807, 2.05) is 46.7 Å². The van der Waals surface area contributed by atoms with Crippen LogP contribution in [0.2, 0.25) is 0 Å². The van der Waals surface area contributed by atoms with Crippen LogP contribution in [0.3, 0.4) is 0 Å². The van der Waals surface area contributed by atoms with Gasteiger partial charge in [0.15, 0.2) is 5.13 Å². The van der Waals surface area contributed by atoms with E-state index >= 15 is 0 Å². The number of amides is 1. The van der Waals surface area contributed by atoms with Gasteiger partial charge in [0.05, 0.1) is 32.0 Å². The summed E-state index contributed by atoms with van der Waals surface area (Å²) in [4.78, 5) is 21.6. The number of carbonyl (C=O) groups excluding carboxylic acids is 1. The predicted molar refractivity (Wildman–Crippen MR) is 124 cm³/mol. The summed E-state index contributed by atoms with van der Waals surface area (Å²) in [5.41, 5.74) is 2.74. The summed E-state index contributed by atoms with van der Waals surface area (Å²) in [6.07, 6.45) is 0.304. The Hall–Kier alpha value is -3.26. The Morgan fingerprint density at radius 1 is 1.06 bits per heavy atom. The molecule has 0 atom stereocenters. The summed E-state index contributed by atoms with van der Waals surface area (Å²) in [6, 6.07) is 15.9. The van der Waals surface area contributed by atoms with Gasteiger partial charge in [0.1, 0.15) is 11.5 Å². The quantitative estimate of drug-likeness (QED) is 0.605. The van der Waals surface area contributed by atoms with E-state index in [9.17, 15) is 4.79 Å². The molecule has 0 bridgehead atoms. The molecular formula is C23H26N4O3S. The van der Waals surface area contributed by atoms with Crippen LogP contribution in [0.15, 0.2) is 53.9 Å². The molecule has 0 spiro atoms. The first-order chi connectivity index (χ1) is 15.2. The molecule has 1 saturated heterocycles. The largest absolute Gasteiger partial charge is 0.497 e. The number of hydrogen-bond acceptors (Lipinski definition) is 7. The van der Waals surface area contributed by atoms with E-state index < -0.39 is 0 Å². The minimum Gasteiger partial charge on any atom is -0.497 e. The molecule has 2 heterocycles. The molecule has 1 N–H and O–H groups in total. The summed E-state index contributed by atoms with van der Waals surface area (Å²) in [7, 11) is 3.24. The number of anilines is 3. The van der Waals surface area contributed by atoms with Gasteiger partial charge >= 0.3 is 0 Å². The van der Waals surface area contributed by atoms with E-state index in [-0.39, 0.29) is 5.91 Å². The van der Waals surface area contributed by atoms with Crippen molar-refractivity contribution in [1.82, 2.24) is 9.88 Å². The molecule has 0 saturated carbocycles. The molecule has 0 radical (unpaired) electrons. The van der Waals surface area contributed by atoms with Gasteiger partial charge in [0.25, 0.3) is 0 Å². The number of benzene rings is 2. The third-order valence-electron chi connectivity index (χ3n) is 5.29. The molecule has 2 aromatic carbocycles. The molecule has 1 fully saturated rings. The highest BCUT2D eigenvalue weighted by molar-refractivity contribution is 7.13. The van der Waals surface area contributed by atoms with E-state index in [1.54, 1.807) is 14.2 Å². The average Bonchev–Trinajstić information content (AvgIpc) is 3.26. The van der Waals surface area contributed by atoms with Crippen molar-refractivity contribution >= 4 is 33.8 Å². The van der Waals surface area contributed by atoms with Crippen molar-refractivity contribution in [1.29, 1.82) is 0 Å². The first-order valence-electron chi connectivity index (χ1n) is 10.2. The van der Waals surface area contributed by atoms with Crippen molar-refractivity contribution in [3.63, 3.8) is 0 Å². The molecule has 1 aliphatic heterocycles. The molecule has 1 amide bonds. The number of hydrogen-bond donors (Lipinski definition) is 1. The Morgan fingerprint density at radius 3 is 2.55 bits per heavy atom. The number of aromatic nitrogens is 1. The zero-order valence-corrected chi connectivity index (χ0v) is 18.5. The van der Waals surface area contributed by atoms with Gasteiger partial charge < -0.3 is 24.6 Å². The van der Waals surface area contributed by atoms with Crippen molar-refractivity contribution in [3.05, 3.63) is 59.6 Å². The summed E-state index contributed by atoms with van der Waals surface area (Å²) < 4.78 is 10.7. The van der Waals surface area contributed by atoms with Crippen molar-refractivity contribution in [3.8, 4) is 11.5 Å². The fraction of sp³-hybridized carbons (Fsp3) is 0.304. The molecule has 31 heavy (non-hydrogen) atoms. The summed E-state index contributed by atoms with van der Waals surface area (Å²) in [5, 5.41) is 5.90. The molecule has 0 aliphatic carbocycles. The number of nitrogens with one attached hydrogen (secondary N) is 1. The average molecular weight is 439 g/mol. The second-order valence-corrected chi connectivity index (χ2v) is 8.07. The Kier molecular flexibility index (Phi) is 6.57. The molecule has 1 aromatic heterocycles. The van der Waals surface area contributed by atoms with E-state index in [1.165, 1.54) is 17.0 Å². The van der Waals surface area contributed by atoms with Gasteiger partial charge in [-0.15, -0.1) is 11.3 Å². The highest BCUT2D eigenvalue weighted by Crippen LogP contribution is 2.32. The Bertz CT molecular complexity index is 1020. The third-order valence-corrected chi connectivity index (χ3v) is 6.09. The van der Waals surface area contributed by atoms with Gasteiger partial charge in [-0.2, -0.15) is 0 Å². The fourth-order valence-corrected chi connectivity index (χ4v) is 4.31. The SMILES string of the molecule is COc1ccc(OC)c(Nc2nc(CC(=O)N3CCN(c4ccccc4)CC3)cs2)c1. The Labute approximate surface area is 186 Å². The smallest absolute Gasteiger partial charge is 0.228 e. The molecule has 162 valence electrons. The molecule has 0 unspecified atom stereocenters. The lowest BCUT2D eigenvalue weighted by Crippen LogP contribution is -2.49. The van der Waals surface area contributed by atoms with Crippen LogP contribution in [0, 0.1) is 0 Å². The maximum absolute atomic E-state index is 12.8. The lowest BCUT2D eigenvalue weighted by atomic mass is 10.2. The minimum absolute atomic E-state index is 0.114. The lowest BCUT2D eigenvalue weighted by Gasteiger charge is -2.36. The van der Waals surface area contributed by atoms with Gasteiger partial charge in [0, 0.05) is 43.3 Å². The number of ether oxygens (including phenoxy) is 2. The number of carbonyl (C=O) groups is 1. The second-order valence-electron chi connectivity index (χ2n) is 7.22. The molecule has 8 heteroatoms. The van der Waals surface area contributed by atoms with E-state index in [0.29, 0.717) is 17.3 Å². The first-order valence-corrected chi connectivity index (χ1v) is 11.1. The van der Waals surface area contributed by atoms with Crippen LogP contribution in [-0.4, -0.2) is 56.2 Å². The summed E-state index contributed by atoms with van der Waals surface area (Å²) >= 11 is 1.47. The number of piperazine rings is 1. The molecule has 1 aliphatic rings. The van der Waals surface area contributed by atoms with Crippen LogP contribution in [0.1, 0.15) is 5.69 Å². The Morgan fingerprint density at radius 2 is 1.84 bits per heavy atom. The van der Waals surface area contributed by atoms with Crippen molar-refractivity contribution in [2.45, 2.75) is 6.42 Å². The lowest BCUT2D eigenvalue weighted by molar-refractivity contribution is -0.130. The van der Waals surface area contributed by atoms with Gasteiger partial charge in [-0.1, -0.05) is 18.2 Å². The monoisotopic (exact) mass is 438 g/mol. The van der Waals surface area contributed by atoms with E-state index in [2.05, 4.69) is 27.3 Å². The Balaban J connectivity index is 1.34. The van der Waals surface area contributed by atoms with Crippen molar-refractivity contribution in [2.75, 3.05) is 50.6 Å². The summed E-state index contributed by atoms with van der Waals surface area (Å²) in [5.74, 6) is 1.54. The second kappa shape index (κ2) is 9.70. The van der Waals surface area contributed by atoms with Crippen molar-refractivity contribution < 1.29 is 14.3 Å². The molecule has 3 aromatic rings. The topological polar surface area (TPSA) is 66.9 Å². The maximum atomic E-state index is 12.8. The van der Waals surface area contributed by atoms with Crippen LogP contribution in [-0.2, 0) is 11.2 Å². The number of rotatable bonds is 7. The standard InChI is InChI=1S/C23H26N4O3S/c1-29-19-8-9-21(30-2)20(15-19)25-23-24-17(16-31-23)14-22(28)27-12-10-26(11-13-27)18-6-4-3-5-7-18/h3-9,15-16H,10-14H2,1-2H3,(H,24,25). The number of nitrogens with zero attached hydrogens (tertiary/aromatic N) is 3. The summed E-state index contributed by atoms with van der Waals surface area (Å²) in [6.45, 7) is 3.14. The van der Waals surface area contributed by atoms with Gasteiger partial charge in [-0.25, -0.2) is 4.98 Å². The maximum Gasteiger partial charge on any atom is 0.228 e. The number of para-hydroxylation sites is 1. The number of methoxy groups -OCH3 is 2. The highest BCUT2D eigenvalue weighted by Gasteiger charge is 2.22. The zero-order valence-electron chi connectivity index (χ0n) is 17.7. The predicted octanol–water partition coefficient (Wildman–Crippen LogP) is 3.80. The van der Waals surface area contributed by atoms with Crippen LogP contribution in [0.25, 0.3) is 0 Å². The van der Waals surface area contributed by atoms with Crippen LogP contribution in [0.5, 0.6) is 11.5 Å². The molecule has 4 rings (SSSR count). The van der Waals surface area contributed by atoms with Crippen LogP contribution < -0.4 is 19.7 Å². The molecule has 7 nitrogen and oxygen atoms in total. The first kappa shape index (κ1) is 21.0. The van der Waals surface area contributed by atoms with E-state index in [4.69, 9.17) is 9.47 Å². The van der Waals surface area contributed by atoms with E-state index in [0.717, 1.165) is 43.3 Å². The number of thiazole rings is 1. The highest BCUT2D eigenvalue weighted by atomic mass is 32.1. The van der Waals surface area contributed by atoms with Gasteiger partial charge in [0.2, 0.25) is 5.91 Å². The van der Waals surface area contributed by atoms with Crippen LogP contribution >= 0.6 is 11.3 Å². The fourth-order valence-electron chi connectivity index (χ4n) is 3.59. The normalized spacial score (nSPS) is 13.7. The minimum atomic E-state index is 0.114. The molecular weight excluding hydrogens is 412 g/mol. The van der Waals surface area contributed by atoms with Crippen LogP contribution in [0.4, 0.5) is 16.5 Å². The zero-order chi connectivity index (χ0) is 21.6.